The summed E-state index contributed by atoms with van der Waals surface area (Å²) in [5, 5.41) is 2.10. The smallest absolute Gasteiger partial charge is 0.345 e. The number of pyridine rings is 1. The topological polar surface area (TPSA) is 42.0 Å². The van der Waals surface area contributed by atoms with Crippen LogP contribution in [0, 0.1) is 12.7 Å². The van der Waals surface area contributed by atoms with Crippen LogP contribution in [-0.2, 0) is 6.18 Å². The second-order valence-corrected chi connectivity index (χ2v) is 4.78. The minimum Gasteiger partial charge on any atom is -0.345 e. The number of hydrogen-bond acceptors (Lipinski definition) is 2. The molecule has 1 N–H and O–H groups in total. The number of aromatic nitrogens is 1. The first kappa shape index (κ1) is 13.0. The molecular formula is C16H14F4N2O. The first-order chi connectivity index (χ1) is 11.9. The van der Waals surface area contributed by atoms with E-state index in [1.54, 1.807) is 0 Å². The van der Waals surface area contributed by atoms with Crippen molar-refractivity contribution in [3.8, 4) is 0 Å². The maximum absolute atomic E-state index is 14.1. The lowest BCUT2D eigenvalue weighted by atomic mass is 10.0. The predicted molar refractivity (Wildman–Crippen MR) is 76.3 cm³/mol. The van der Waals surface area contributed by atoms with Crippen molar-refractivity contribution < 1.29 is 26.5 Å². The Hall–Kier alpha value is -2.44. The van der Waals surface area contributed by atoms with E-state index in [1.165, 1.54) is 25.3 Å². The Bertz CT molecular complexity index is 822. The average molecular weight is 329 g/mol. The molecule has 0 aliphatic rings. The number of benzene rings is 1. The van der Waals surface area contributed by atoms with Crippen molar-refractivity contribution in [1.82, 2.24) is 10.3 Å². The number of nitrogens with zero attached hydrogens (tertiary/aromatic N) is 1. The molecule has 0 saturated heterocycles. The van der Waals surface area contributed by atoms with E-state index in [1.807, 2.05) is 0 Å². The molecule has 0 aliphatic heterocycles. The van der Waals surface area contributed by atoms with Gasteiger partial charge < -0.3 is 5.32 Å². The van der Waals surface area contributed by atoms with Crippen molar-refractivity contribution in [3.63, 3.8) is 0 Å². The normalized spacial score (nSPS) is 15.3. The third kappa shape index (κ3) is 3.85. The van der Waals surface area contributed by atoms with Crippen LogP contribution in [0.3, 0.4) is 0 Å². The summed E-state index contributed by atoms with van der Waals surface area (Å²) in [5.74, 6) is -2.05. The predicted octanol–water partition coefficient (Wildman–Crippen LogP) is 4.04. The van der Waals surface area contributed by atoms with Crippen molar-refractivity contribution in [1.29, 1.82) is 0 Å². The minimum absolute atomic E-state index is 0.0362. The Morgan fingerprint density at radius 2 is 2.09 bits per heavy atom. The molecule has 0 aliphatic carbocycles. The number of aryl methyl sites for hydroxylation is 1. The van der Waals surface area contributed by atoms with E-state index in [-0.39, 0.29) is 5.56 Å². The summed E-state index contributed by atoms with van der Waals surface area (Å²) in [6.07, 6.45) is -3.37. The summed E-state index contributed by atoms with van der Waals surface area (Å²) in [6.45, 7) is -1.47. The second-order valence-electron chi connectivity index (χ2n) is 4.78. The lowest BCUT2D eigenvalue weighted by Crippen LogP contribution is -2.28. The van der Waals surface area contributed by atoms with Crippen LogP contribution >= 0.6 is 0 Å². The molecule has 0 saturated carbocycles. The lowest BCUT2D eigenvalue weighted by Gasteiger charge is -2.17. The molecule has 0 radical (unpaired) electrons. The molecule has 0 spiro atoms. The van der Waals surface area contributed by atoms with Gasteiger partial charge in [-0.15, -0.1) is 0 Å². The molecule has 0 bridgehead atoms. The Morgan fingerprint density at radius 1 is 1.35 bits per heavy atom. The molecule has 1 heterocycles. The molecule has 3 nitrogen and oxygen atoms in total. The standard InChI is InChI=1S/C16H14F4N2O/c1-9-12(4-3-7-21-9)15(23)22-10(2)13-8-11(16(18,19)20)5-6-14(13)17/h3-8,10H,1-2H3,(H,22,23)/i2D3. The molecule has 1 amide bonds. The van der Waals surface area contributed by atoms with Gasteiger partial charge in [-0.2, -0.15) is 13.2 Å². The van der Waals surface area contributed by atoms with Crippen LogP contribution in [0.15, 0.2) is 36.5 Å². The maximum atomic E-state index is 14.1. The van der Waals surface area contributed by atoms with Crippen LogP contribution in [0.25, 0.3) is 0 Å². The van der Waals surface area contributed by atoms with Crippen LogP contribution in [-0.4, -0.2) is 10.9 Å². The number of carbonyl (C=O) groups excluding carboxylic acids is 1. The highest BCUT2D eigenvalue weighted by atomic mass is 19.4. The van der Waals surface area contributed by atoms with E-state index in [2.05, 4.69) is 10.3 Å². The van der Waals surface area contributed by atoms with Gasteiger partial charge in [0.25, 0.3) is 5.91 Å². The van der Waals surface area contributed by atoms with Crippen molar-refractivity contribution in [2.45, 2.75) is 26.0 Å². The number of nitrogens with one attached hydrogen (secondary N) is 1. The highest BCUT2D eigenvalue weighted by molar-refractivity contribution is 5.95. The summed E-state index contributed by atoms with van der Waals surface area (Å²) in [7, 11) is 0. The van der Waals surface area contributed by atoms with Gasteiger partial charge in [0.1, 0.15) is 5.82 Å². The summed E-state index contributed by atoms with van der Waals surface area (Å²) in [4.78, 5) is 16.2. The molecule has 1 aromatic heterocycles. The number of hydrogen-bond donors (Lipinski definition) is 1. The van der Waals surface area contributed by atoms with Crippen molar-refractivity contribution >= 4 is 5.91 Å². The van der Waals surface area contributed by atoms with Crippen molar-refractivity contribution in [2.24, 2.45) is 0 Å². The van der Waals surface area contributed by atoms with Gasteiger partial charge in [0.15, 0.2) is 0 Å². The summed E-state index contributed by atoms with van der Waals surface area (Å²) in [6, 6.07) is 2.27. The molecular weight excluding hydrogens is 312 g/mol. The fourth-order valence-electron chi connectivity index (χ4n) is 1.95. The zero-order valence-electron chi connectivity index (χ0n) is 14.9. The average Bonchev–Trinajstić information content (AvgIpc) is 2.51. The third-order valence-corrected chi connectivity index (χ3v) is 3.16. The fraction of sp³-hybridized carbons (Fsp3) is 0.250. The van der Waals surface area contributed by atoms with E-state index in [0.717, 1.165) is 0 Å². The van der Waals surface area contributed by atoms with E-state index in [4.69, 9.17) is 4.11 Å². The Kier molecular flexibility index (Phi) is 3.60. The van der Waals surface area contributed by atoms with Gasteiger partial charge in [0.2, 0.25) is 0 Å². The number of amides is 1. The summed E-state index contributed by atoms with van der Waals surface area (Å²) in [5.41, 5.74) is -1.65. The fourth-order valence-corrected chi connectivity index (χ4v) is 1.95. The van der Waals surface area contributed by atoms with Gasteiger partial charge in [-0.05, 0) is 44.1 Å². The van der Waals surface area contributed by atoms with Crippen LogP contribution in [0.5, 0.6) is 0 Å². The highest BCUT2D eigenvalue weighted by Gasteiger charge is 2.31. The van der Waals surface area contributed by atoms with Gasteiger partial charge in [-0.1, -0.05) is 0 Å². The third-order valence-electron chi connectivity index (χ3n) is 3.16. The molecule has 122 valence electrons. The molecule has 7 heteroatoms. The van der Waals surface area contributed by atoms with Crippen LogP contribution < -0.4 is 5.32 Å². The van der Waals surface area contributed by atoms with Crippen LogP contribution in [0.2, 0.25) is 0 Å². The molecule has 2 aromatic rings. The molecule has 1 unspecified atom stereocenters. The maximum Gasteiger partial charge on any atom is 0.416 e. The summed E-state index contributed by atoms with van der Waals surface area (Å²) >= 11 is 0. The van der Waals surface area contributed by atoms with Gasteiger partial charge in [-0.3, -0.25) is 9.78 Å². The number of halogens is 4. The van der Waals surface area contributed by atoms with Crippen molar-refractivity contribution in [3.05, 3.63) is 64.7 Å². The van der Waals surface area contributed by atoms with Gasteiger partial charge in [0.05, 0.1) is 17.2 Å². The van der Waals surface area contributed by atoms with Gasteiger partial charge in [0, 0.05) is 21.6 Å². The molecule has 2 rings (SSSR count). The van der Waals surface area contributed by atoms with Gasteiger partial charge >= 0.3 is 6.18 Å². The Morgan fingerprint density at radius 3 is 2.70 bits per heavy atom. The lowest BCUT2D eigenvalue weighted by molar-refractivity contribution is -0.137. The second kappa shape index (κ2) is 6.36. The molecule has 23 heavy (non-hydrogen) atoms. The minimum atomic E-state index is -4.79. The highest BCUT2D eigenvalue weighted by Crippen LogP contribution is 2.31. The van der Waals surface area contributed by atoms with E-state index in [9.17, 15) is 22.4 Å². The van der Waals surface area contributed by atoms with Gasteiger partial charge in [-0.25, -0.2) is 4.39 Å². The van der Waals surface area contributed by atoms with Crippen LogP contribution in [0.1, 0.15) is 44.2 Å². The zero-order valence-corrected chi connectivity index (χ0v) is 11.9. The molecule has 0 fully saturated rings. The first-order valence-electron chi connectivity index (χ1n) is 8.00. The quantitative estimate of drug-likeness (QED) is 0.864. The first-order valence-corrected chi connectivity index (χ1v) is 6.50. The SMILES string of the molecule is [2H]C([2H])([2H])C(NC(=O)c1cccnc1C)c1cc(C(F)(F)F)ccc1F. The summed E-state index contributed by atoms with van der Waals surface area (Å²) < 4.78 is 75.3. The molecule has 1 aromatic carbocycles. The number of carbonyl (C=O) groups is 1. The number of alkyl halides is 3. The zero-order chi connectivity index (χ0) is 19.7. The van der Waals surface area contributed by atoms with E-state index >= 15 is 0 Å². The van der Waals surface area contributed by atoms with Crippen LogP contribution in [0.4, 0.5) is 17.6 Å². The van der Waals surface area contributed by atoms with E-state index in [0.29, 0.717) is 23.9 Å². The Balaban J connectivity index is 2.47. The monoisotopic (exact) mass is 329 g/mol. The number of rotatable bonds is 3. The van der Waals surface area contributed by atoms with E-state index < -0.39 is 41.9 Å². The Labute approximate surface area is 134 Å². The largest absolute Gasteiger partial charge is 0.416 e. The molecule has 1 atom stereocenters. The van der Waals surface area contributed by atoms with Crippen molar-refractivity contribution in [2.75, 3.05) is 0 Å².